The molecule has 0 amide bonds. The van der Waals surface area contributed by atoms with Gasteiger partial charge in [-0.1, -0.05) is 6.07 Å². The Labute approximate surface area is 73.6 Å². The minimum atomic E-state index is -0.449. The molecule has 0 aliphatic rings. The molecule has 1 aromatic heterocycles. The second-order valence-corrected chi connectivity index (χ2v) is 2.86. The van der Waals surface area contributed by atoms with Gasteiger partial charge in [0.15, 0.2) is 0 Å². The van der Waals surface area contributed by atoms with Gasteiger partial charge in [0.1, 0.15) is 11.4 Å². The molecular weight excluding hydrogens is 171 g/mol. The van der Waals surface area contributed by atoms with E-state index in [1.54, 1.807) is 13.0 Å². The second kappa shape index (κ2) is 2.69. The highest BCUT2D eigenvalue weighted by molar-refractivity contribution is 5.80. The third-order valence-corrected chi connectivity index (χ3v) is 1.91. The van der Waals surface area contributed by atoms with E-state index >= 15 is 0 Å². The molecule has 0 radical (unpaired) electrons. The molecule has 0 saturated carbocycles. The molecule has 0 bridgehead atoms. The highest BCUT2D eigenvalue weighted by Crippen LogP contribution is 2.18. The van der Waals surface area contributed by atoms with Gasteiger partial charge in [-0.2, -0.15) is 0 Å². The van der Waals surface area contributed by atoms with Crippen LogP contribution in [-0.4, -0.2) is 0 Å². The Morgan fingerprint density at radius 1 is 1.38 bits per heavy atom. The summed E-state index contributed by atoms with van der Waals surface area (Å²) in [6, 6.07) is 5.72. The summed E-state index contributed by atoms with van der Waals surface area (Å²) in [6.07, 6.45) is 0. The van der Waals surface area contributed by atoms with Gasteiger partial charge < -0.3 is 4.42 Å². The zero-order valence-corrected chi connectivity index (χ0v) is 7.00. The van der Waals surface area contributed by atoms with Crippen molar-refractivity contribution >= 4 is 11.0 Å². The van der Waals surface area contributed by atoms with Gasteiger partial charge in [-0.05, 0) is 24.6 Å². The lowest BCUT2D eigenvalue weighted by atomic mass is 10.1. The predicted molar refractivity (Wildman–Crippen MR) is 47.2 cm³/mol. The molecule has 0 N–H and O–H groups in total. The lowest BCUT2D eigenvalue weighted by molar-refractivity contribution is 0.554. The maximum atomic E-state index is 13.2. The number of benzene rings is 1. The fourth-order valence-electron chi connectivity index (χ4n) is 1.36. The van der Waals surface area contributed by atoms with Gasteiger partial charge in [-0.15, -0.1) is 0 Å². The zero-order valence-electron chi connectivity index (χ0n) is 7.00. The lowest BCUT2D eigenvalue weighted by Crippen LogP contribution is -1.98. The van der Waals surface area contributed by atoms with Crippen molar-refractivity contribution in [1.29, 1.82) is 0 Å². The normalized spacial score (nSPS) is 10.6. The average molecular weight is 178 g/mol. The van der Waals surface area contributed by atoms with E-state index in [-0.39, 0.29) is 5.82 Å². The van der Waals surface area contributed by atoms with E-state index in [9.17, 15) is 9.18 Å². The molecule has 0 atom stereocenters. The highest BCUT2D eigenvalue weighted by atomic mass is 19.1. The molecule has 1 heterocycles. The average Bonchev–Trinajstić information content (AvgIpc) is 2.02. The summed E-state index contributed by atoms with van der Waals surface area (Å²) in [4.78, 5) is 10.9. The van der Waals surface area contributed by atoms with Crippen molar-refractivity contribution in [3.63, 3.8) is 0 Å². The Kier molecular flexibility index (Phi) is 1.65. The van der Waals surface area contributed by atoms with Crippen molar-refractivity contribution in [3.05, 3.63) is 46.1 Å². The fraction of sp³-hybridized carbons (Fsp3) is 0.100. The lowest BCUT2D eigenvalue weighted by Gasteiger charge is -1.99. The Morgan fingerprint density at radius 2 is 2.15 bits per heavy atom. The largest absolute Gasteiger partial charge is 0.423 e. The van der Waals surface area contributed by atoms with Gasteiger partial charge in [0.25, 0.3) is 0 Å². The minimum absolute atomic E-state index is 0.296. The number of fused-ring (bicyclic) bond motifs is 1. The van der Waals surface area contributed by atoms with Crippen molar-refractivity contribution in [2.45, 2.75) is 6.92 Å². The van der Waals surface area contributed by atoms with Crippen LogP contribution in [0, 0.1) is 12.7 Å². The molecule has 0 aliphatic carbocycles. The van der Waals surface area contributed by atoms with Crippen molar-refractivity contribution in [1.82, 2.24) is 0 Å². The van der Waals surface area contributed by atoms with Crippen molar-refractivity contribution < 1.29 is 8.81 Å². The van der Waals surface area contributed by atoms with E-state index < -0.39 is 5.63 Å². The smallest absolute Gasteiger partial charge is 0.336 e. The third kappa shape index (κ3) is 1.22. The number of hydrogen-bond acceptors (Lipinski definition) is 2. The van der Waals surface area contributed by atoms with E-state index in [4.69, 9.17) is 4.42 Å². The summed E-state index contributed by atoms with van der Waals surface area (Å²) in [6.45, 7) is 1.68. The molecule has 0 unspecified atom stereocenters. The summed E-state index contributed by atoms with van der Waals surface area (Å²) in [5.74, 6) is -0.362. The summed E-state index contributed by atoms with van der Waals surface area (Å²) in [5.41, 5.74) is 0.449. The SMILES string of the molecule is Cc1cc(=O)oc2cccc(F)c12. The number of halogens is 1. The topological polar surface area (TPSA) is 30.2 Å². The Bertz CT molecular complexity index is 514. The number of rotatable bonds is 0. The quantitative estimate of drug-likeness (QED) is 0.579. The zero-order chi connectivity index (χ0) is 9.42. The number of hydrogen-bond donors (Lipinski definition) is 0. The van der Waals surface area contributed by atoms with Crippen LogP contribution < -0.4 is 5.63 Å². The molecule has 2 aromatic rings. The minimum Gasteiger partial charge on any atom is -0.423 e. The first kappa shape index (κ1) is 7.98. The van der Waals surface area contributed by atoms with Crippen LogP contribution in [0.15, 0.2) is 33.5 Å². The molecule has 0 spiro atoms. The molecular formula is C10H7FO2. The first-order chi connectivity index (χ1) is 6.18. The monoisotopic (exact) mass is 178 g/mol. The predicted octanol–water partition coefficient (Wildman–Crippen LogP) is 2.24. The summed E-state index contributed by atoms with van der Waals surface area (Å²) < 4.78 is 18.0. The Hall–Kier alpha value is -1.64. The Morgan fingerprint density at radius 3 is 2.92 bits per heavy atom. The molecule has 2 nitrogen and oxygen atoms in total. The summed E-state index contributed by atoms with van der Waals surface area (Å²) >= 11 is 0. The van der Waals surface area contributed by atoms with Gasteiger partial charge in [0.05, 0.1) is 5.39 Å². The summed E-state index contributed by atoms with van der Waals surface area (Å²) in [5, 5.41) is 0.377. The molecule has 0 saturated heterocycles. The fourth-order valence-corrected chi connectivity index (χ4v) is 1.36. The van der Waals surface area contributed by atoms with Crippen LogP contribution in [0.3, 0.4) is 0 Å². The van der Waals surface area contributed by atoms with Crippen LogP contribution in [-0.2, 0) is 0 Å². The van der Waals surface area contributed by atoms with Crippen LogP contribution in [0.25, 0.3) is 11.0 Å². The maximum Gasteiger partial charge on any atom is 0.336 e. The van der Waals surface area contributed by atoms with Crippen LogP contribution >= 0.6 is 0 Å². The molecule has 66 valence electrons. The van der Waals surface area contributed by atoms with Crippen molar-refractivity contribution in [2.24, 2.45) is 0 Å². The molecule has 2 rings (SSSR count). The van der Waals surface area contributed by atoms with E-state index in [1.807, 2.05) is 0 Å². The molecule has 3 heteroatoms. The van der Waals surface area contributed by atoms with Crippen molar-refractivity contribution in [3.8, 4) is 0 Å². The first-order valence-electron chi connectivity index (χ1n) is 3.87. The second-order valence-electron chi connectivity index (χ2n) is 2.86. The summed E-state index contributed by atoms with van der Waals surface area (Å²) in [7, 11) is 0. The number of aryl methyl sites for hydroxylation is 1. The third-order valence-electron chi connectivity index (χ3n) is 1.91. The van der Waals surface area contributed by atoms with Gasteiger partial charge in [-0.25, -0.2) is 9.18 Å². The first-order valence-corrected chi connectivity index (χ1v) is 3.87. The van der Waals surface area contributed by atoms with E-state index in [0.29, 0.717) is 16.5 Å². The van der Waals surface area contributed by atoms with Crippen LogP contribution in [0.1, 0.15) is 5.56 Å². The van der Waals surface area contributed by atoms with Gasteiger partial charge >= 0.3 is 5.63 Å². The van der Waals surface area contributed by atoms with E-state index in [0.717, 1.165) is 0 Å². The molecule has 0 aliphatic heterocycles. The maximum absolute atomic E-state index is 13.2. The standard InChI is InChI=1S/C10H7FO2/c1-6-5-9(12)13-8-4-2-3-7(11)10(6)8/h2-5H,1H3. The van der Waals surface area contributed by atoms with Gasteiger partial charge in [0.2, 0.25) is 0 Å². The molecule has 1 aromatic carbocycles. The van der Waals surface area contributed by atoms with Crippen LogP contribution in [0.2, 0.25) is 0 Å². The van der Waals surface area contributed by atoms with Gasteiger partial charge in [-0.3, -0.25) is 0 Å². The van der Waals surface area contributed by atoms with E-state index in [2.05, 4.69) is 0 Å². The van der Waals surface area contributed by atoms with Crippen molar-refractivity contribution in [2.75, 3.05) is 0 Å². The highest BCUT2D eigenvalue weighted by Gasteiger charge is 2.05. The van der Waals surface area contributed by atoms with Crippen LogP contribution in [0.4, 0.5) is 4.39 Å². The van der Waals surface area contributed by atoms with Crippen LogP contribution in [0.5, 0.6) is 0 Å². The Balaban J connectivity index is 3.03. The molecule has 13 heavy (non-hydrogen) atoms. The van der Waals surface area contributed by atoms with Gasteiger partial charge in [0, 0.05) is 6.07 Å². The van der Waals surface area contributed by atoms with E-state index in [1.165, 1.54) is 18.2 Å². The molecule has 0 fully saturated rings.